The number of benzene rings is 2. The van der Waals surface area contributed by atoms with Gasteiger partial charge in [-0.15, -0.1) is 0 Å². The molecule has 1 saturated heterocycles. The Morgan fingerprint density at radius 1 is 1.14 bits per heavy atom. The van der Waals surface area contributed by atoms with Crippen LogP contribution in [-0.4, -0.2) is 36.5 Å². The maximum absolute atomic E-state index is 12.9. The van der Waals surface area contributed by atoms with Crippen molar-refractivity contribution in [1.82, 2.24) is 10.2 Å². The number of imide groups is 1. The predicted octanol–water partition coefficient (Wildman–Crippen LogP) is 5.55. The minimum absolute atomic E-state index is 0.0270. The van der Waals surface area contributed by atoms with Gasteiger partial charge in [0.2, 0.25) is 5.76 Å². The molecular formula is C26H22BrClN2O7. The molecule has 4 rings (SSSR count). The molecule has 0 bridgehead atoms. The first kappa shape index (κ1) is 26.3. The molecule has 1 fully saturated rings. The third-order valence-electron chi connectivity index (χ3n) is 5.26. The molecule has 3 amide bonds. The van der Waals surface area contributed by atoms with Crippen molar-refractivity contribution >= 4 is 51.5 Å². The van der Waals surface area contributed by atoms with Crippen LogP contribution in [0.5, 0.6) is 11.5 Å². The number of methoxy groups -OCH3 is 1. The average Bonchev–Trinajstić information content (AvgIpc) is 3.45. The summed E-state index contributed by atoms with van der Waals surface area (Å²) in [5.41, 5.74) is 1.52. The van der Waals surface area contributed by atoms with Crippen LogP contribution in [0.3, 0.4) is 0 Å². The monoisotopic (exact) mass is 588 g/mol. The van der Waals surface area contributed by atoms with E-state index in [1.54, 1.807) is 12.1 Å². The number of ether oxygens (including phenoxy) is 3. The Labute approximate surface area is 226 Å². The molecule has 0 aliphatic carbocycles. The van der Waals surface area contributed by atoms with Gasteiger partial charge in [-0.3, -0.25) is 9.69 Å². The van der Waals surface area contributed by atoms with E-state index in [0.29, 0.717) is 23.7 Å². The SMILES string of the molecule is CCOc1cc(/C=C2\NC(=O)N(Cc3ccc(C(=O)OC)o3)C2=O)cc(Cl)c1OCc1ccc(Br)cc1. The van der Waals surface area contributed by atoms with Crippen molar-refractivity contribution in [2.45, 2.75) is 20.1 Å². The Morgan fingerprint density at radius 2 is 1.89 bits per heavy atom. The number of nitrogens with zero attached hydrogens (tertiary/aromatic N) is 1. The normalized spacial score (nSPS) is 14.2. The maximum Gasteiger partial charge on any atom is 0.373 e. The molecule has 0 atom stereocenters. The van der Waals surface area contributed by atoms with Gasteiger partial charge in [-0.25, -0.2) is 9.59 Å². The van der Waals surface area contributed by atoms with E-state index < -0.39 is 17.9 Å². The van der Waals surface area contributed by atoms with E-state index in [-0.39, 0.29) is 35.4 Å². The van der Waals surface area contributed by atoms with Gasteiger partial charge in [-0.05, 0) is 60.5 Å². The zero-order valence-corrected chi connectivity index (χ0v) is 22.2. The van der Waals surface area contributed by atoms with Crippen LogP contribution in [-0.2, 0) is 22.7 Å². The minimum Gasteiger partial charge on any atom is -0.490 e. The molecule has 9 nitrogen and oxygen atoms in total. The molecule has 1 aliphatic rings. The van der Waals surface area contributed by atoms with E-state index in [1.807, 2.05) is 31.2 Å². The second kappa shape index (κ2) is 11.5. The van der Waals surface area contributed by atoms with Gasteiger partial charge >= 0.3 is 12.0 Å². The summed E-state index contributed by atoms with van der Waals surface area (Å²) >= 11 is 9.92. The highest BCUT2D eigenvalue weighted by Crippen LogP contribution is 2.38. The lowest BCUT2D eigenvalue weighted by Crippen LogP contribution is -2.30. The molecule has 1 aromatic heterocycles. The fraction of sp³-hybridized carbons (Fsp3) is 0.192. The molecule has 0 saturated carbocycles. The van der Waals surface area contributed by atoms with E-state index in [0.717, 1.165) is 14.9 Å². The largest absolute Gasteiger partial charge is 0.490 e. The molecule has 0 unspecified atom stereocenters. The Hall–Kier alpha value is -3.76. The van der Waals surface area contributed by atoms with E-state index in [4.69, 9.17) is 25.5 Å². The summed E-state index contributed by atoms with van der Waals surface area (Å²) in [7, 11) is 1.23. The molecule has 1 aliphatic heterocycles. The number of carbonyl (C=O) groups excluding carboxylic acids is 3. The third kappa shape index (κ3) is 6.15. The second-order valence-corrected chi connectivity index (χ2v) is 9.14. The van der Waals surface area contributed by atoms with Crippen molar-refractivity contribution in [1.29, 1.82) is 0 Å². The van der Waals surface area contributed by atoms with Crippen LogP contribution in [0.25, 0.3) is 6.08 Å². The van der Waals surface area contributed by atoms with Crippen LogP contribution in [0.1, 0.15) is 34.4 Å². The molecule has 0 spiro atoms. The molecule has 0 radical (unpaired) electrons. The molecule has 3 aromatic rings. The summed E-state index contributed by atoms with van der Waals surface area (Å²) in [5.74, 6) is -0.226. The number of urea groups is 1. The Morgan fingerprint density at radius 3 is 2.59 bits per heavy atom. The van der Waals surface area contributed by atoms with Gasteiger partial charge in [0.15, 0.2) is 11.5 Å². The number of hydrogen-bond acceptors (Lipinski definition) is 7. The van der Waals surface area contributed by atoms with Crippen molar-refractivity contribution in [2.24, 2.45) is 0 Å². The Bertz CT molecular complexity index is 1370. The van der Waals surface area contributed by atoms with Gasteiger partial charge in [-0.1, -0.05) is 39.7 Å². The lowest BCUT2D eigenvalue weighted by molar-refractivity contribution is -0.123. The summed E-state index contributed by atoms with van der Waals surface area (Å²) < 4.78 is 22.6. The second-order valence-electron chi connectivity index (χ2n) is 7.82. The van der Waals surface area contributed by atoms with Gasteiger partial charge < -0.3 is 23.9 Å². The van der Waals surface area contributed by atoms with Crippen molar-refractivity contribution in [3.8, 4) is 11.5 Å². The first-order chi connectivity index (χ1) is 17.8. The number of furan rings is 1. The molecule has 2 heterocycles. The number of amides is 3. The maximum atomic E-state index is 12.9. The molecule has 1 N–H and O–H groups in total. The van der Waals surface area contributed by atoms with Gasteiger partial charge in [0.1, 0.15) is 18.1 Å². The quantitative estimate of drug-likeness (QED) is 0.198. The fourth-order valence-electron chi connectivity index (χ4n) is 3.52. The van der Waals surface area contributed by atoms with E-state index in [2.05, 4.69) is 26.0 Å². The number of rotatable bonds is 9. The van der Waals surface area contributed by atoms with Crippen LogP contribution in [0.15, 0.2) is 63.1 Å². The third-order valence-corrected chi connectivity index (χ3v) is 6.07. The summed E-state index contributed by atoms with van der Waals surface area (Å²) in [6, 6.07) is 13.3. The predicted molar refractivity (Wildman–Crippen MR) is 138 cm³/mol. The summed E-state index contributed by atoms with van der Waals surface area (Å²) in [6.07, 6.45) is 1.50. The van der Waals surface area contributed by atoms with Crippen LogP contribution < -0.4 is 14.8 Å². The van der Waals surface area contributed by atoms with E-state index in [1.165, 1.54) is 25.3 Å². The zero-order chi connectivity index (χ0) is 26.5. The van der Waals surface area contributed by atoms with Crippen molar-refractivity contribution < 1.29 is 33.0 Å². The topological polar surface area (TPSA) is 107 Å². The van der Waals surface area contributed by atoms with Crippen LogP contribution in [0.2, 0.25) is 5.02 Å². The number of carbonyl (C=O) groups is 3. The smallest absolute Gasteiger partial charge is 0.373 e. The van der Waals surface area contributed by atoms with Crippen LogP contribution in [0, 0.1) is 0 Å². The number of hydrogen-bond donors (Lipinski definition) is 1. The lowest BCUT2D eigenvalue weighted by atomic mass is 10.1. The molecular weight excluding hydrogens is 568 g/mol. The minimum atomic E-state index is -0.657. The Balaban J connectivity index is 1.52. The number of halogens is 2. The van der Waals surface area contributed by atoms with Crippen LogP contribution in [0.4, 0.5) is 4.79 Å². The van der Waals surface area contributed by atoms with Crippen LogP contribution >= 0.6 is 27.5 Å². The standard InChI is InChI=1S/C26H22BrClN2O7/c1-3-35-22-12-16(10-19(28)23(22)36-14-15-4-6-17(27)7-5-15)11-20-24(31)30(26(33)29-20)13-18-8-9-21(37-18)25(32)34-2/h4-12H,3,13-14H2,1-2H3,(H,29,33)/b20-11-. The number of nitrogens with one attached hydrogen (secondary N) is 1. The highest BCUT2D eigenvalue weighted by atomic mass is 79.9. The fourth-order valence-corrected chi connectivity index (χ4v) is 4.06. The molecule has 2 aromatic carbocycles. The van der Waals surface area contributed by atoms with E-state index in [9.17, 15) is 14.4 Å². The van der Waals surface area contributed by atoms with Gasteiger partial charge in [-0.2, -0.15) is 0 Å². The average molecular weight is 590 g/mol. The van der Waals surface area contributed by atoms with Gasteiger partial charge in [0, 0.05) is 4.47 Å². The van der Waals surface area contributed by atoms with Gasteiger partial charge in [0.25, 0.3) is 5.91 Å². The highest BCUT2D eigenvalue weighted by molar-refractivity contribution is 9.10. The molecule has 192 valence electrons. The first-order valence-electron chi connectivity index (χ1n) is 11.1. The van der Waals surface area contributed by atoms with Crippen molar-refractivity contribution in [2.75, 3.05) is 13.7 Å². The first-order valence-corrected chi connectivity index (χ1v) is 12.3. The Kier molecular flexibility index (Phi) is 8.20. The summed E-state index contributed by atoms with van der Waals surface area (Å²) in [4.78, 5) is 37.9. The van der Waals surface area contributed by atoms with Crippen molar-refractivity contribution in [3.05, 3.63) is 86.4 Å². The highest BCUT2D eigenvalue weighted by Gasteiger charge is 2.34. The number of esters is 1. The van der Waals surface area contributed by atoms with Crippen molar-refractivity contribution in [3.63, 3.8) is 0 Å². The van der Waals surface area contributed by atoms with E-state index >= 15 is 0 Å². The zero-order valence-electron chi connectivity index (χ0n) is 19.9. The molecule has 37 heavy (non-hydrogen) atoms. The summed E-state index contributed by atoms with van der Waals surface area (Å²) in [6.45, 7) is 2.32. The molecule has 11 heteroatoms. The lowest BCUT2D eigenvalue weighted by Gasteiger charge is -2.15. The van der Waals surface area contributed by atoms with Gasteiger partial charge in [0.05, 0.1) is 25.3 Å². The summed E-state index contributed by atoms with van der Waals surface area (Å²) in [5, 5.41) is 2.83.